The van der Waals surface area contributed by atoms with Crippen LogP contribution in [-0.2, 0) is 9.59 Å². The second-order valence-electron chi connectivity index (χ2n) is 7.79. The van der Waals surface area contributed by atoms with E-state index in [1.165, 1.54) is 4.90 Å². The zero-order valence-electron chi connectivity index (χ0n) is 18.5. The Morgan fingerprint density at radius 3 is 2.58 bits per heavy atom. The summed E-state index contributed by atoms with van der Waals surface area (Å²) >= 11 is 6.19. The molecule has 1 atom stereocenters. The molecule has 0 radical (unpaired) electrons. The van der Waals surface area contributed by atoms with Gasteiger partial charge in [0.25, 0.3) is 11.7 Å². The van der Waals surface area contributed by atoms with Crippen molar-refractivity contribution in [2.24, 2.45) is 0 Å². The number of aryl methyl sites for hydroxylation is 2. The Bertz CT molecular complexity index is 1270. The molecule has 2 aromatic carbocycles. The third kappa shape index (κ3) is 4.10. The average Bonchev–Trinajstić information content (AvgIpc) is 3.06. The first-order valence-corrected chi connectivity index (χ1v) is 10.9. The second-order valence-corrected chi connectivity index (χ2v) is 8.20. The van der Waals surface area contributed by atoms with E-state index >= 15 is 0 Å². The molecule has 2 heterocycles. The van der Waals surface area contributed by atoms with Crippen molar-refractivity contribution in [3.05, 3.63) is 93.8 Å². The normalized spacial score (nSPS) is 17.5. The van der Waals surface area contributed by atoms with Gasteiger partial charge in [-0.05, 0) is 62.7 Å². The van der Waals surface area contributed by atoms with Gasteiger partial charge in [0.2, 0.25) is 0 Å². The van der Waals surface area contributed by atoms with Gasteiger partial charge in [0, 0.05) is 17.4 Å². The molecule has 1 amide bonds. The lowest BCUT2D eigenvalue weighted by Crippen LogP contribution is -2.30. The van der Waals surface area contributed by atoms with Crippen molar-refractivity contribution in [3.8, 4) is 5.75 Å². The first kappa shape index (κ1) is 22.6. The molecular formula is C26H23ClN2O4. The van der Waals surface area contributed by atoms with E-state index in [9.17, 15) is 14.7 Å². The van der Waals surface area contributed by atoms with Crippen LogP contribution in [0.15, 0.2) is 66.4 Å². The number of carbonyl (C=O) groups excluding carboxylic acids is 2. The van der Waals surface area contributed by atoms with Crippen LogP contribution in [0.2, 0.25) is 5.02 Å². The van der Waals surface area contributed by atoms with Crippen LogP contribution in [0.4, 0.5) is 5.69 Å². The zero-order chi connectivity index (χ0) is 23.7. The number of pyridine rings is 1. The lowest BCUT2D eigenvalue weighted by molar-refractivity contribution is -0.132. The number of aliphatic hydroxyl groups is 1. The van der Waals surface area contributed by atoms with Gasteiger partial charge in [0.15, 0.2) is 0 Å². The summed E-state index contributed by atoms with van der Waals surface area (Å²) in [5.74, 6) is -1.44. The summed E-state index contributed by atoms with van der Waals surface area (Å²) in [6, 6.07) is 14.7. The Balaban J connectivity index is 1.94. The molecule has 1 fully saturated rings. The van der Waals surface area contributed by atoms with E-state index in [0.717, 1.165) is 11.1 Å². The molecule has 0 saturated carbocycles. The molecule has 0 bridgehead atoms. The fourth-order valence-electron chi connectivity index (χ4n) is 4.05. The molecule has 4 rings (SSSR count). The van der Waals surface area contributed by atoms with Gasteiger partial charge in [-0.15, -0.1) is 0 Å². The minimum Gasteiger partial charge on any atom is -0.507 e. The van der Waals surface area contributed by atoms with Crippen molar-refractivity contribution in [2.45, 2.75) is 26.8 Å². The number of benzene rings is 2. The molecule has 168 valence electrons. The number of carbonyl (C=O) groups is 2. The SMILES string of the molecule is CCOc1cc(/C(O)=C2\C(=O)C(=O)N(c3ccc(C)cc3C)C2c2ccccn2)ccc1Cl. The van der Waals surface area contributed by atoms with Gasteiger partial charge in [-0.2, -0.15) is 0 Å². The third-order valence-electron chi connectivity index (χ3n) is 5.53. The molecule has 0 spiro atoms. The average molecular weight is 463 g/mol. The van der Waals surface area contributed by atoms with Crippen LogP contribution in [0, 0.1) is 13.8 Å². The van der Waals surface area contributed by atoms with E-state index in [0.29, 0.717) is 34.3 Å². The summed E-state index contributed by atoms with van der Waals surface area (Å²) in [6.45, 7) is 6.04. The summed E-state index contributed by atoms with van der Waals surface area (Å²) in [4.78, 5) is 32.3. The summed E-state index contributed by atoms with van der Waals surface area (Å²) in [5, 5.41) is 11.6. The van der Waals surface area contributed by atoms with E-state index in [-0.39, 0.29) is 11.3 Å². The quantitative estimate of drug-likeness (QED) is 0.313. The maximum Gasteiger partial charge on any atom is 0.300 e. The highest BCUT2D eigenvalue weighted by Crippen LogP contribution is 2.43. The number of anilines is 1. The molecule has 0 aliphatic carbocycles. The van der Waals surface area contributed by atoms with E-state index < -0.39 is 17.7 Å². The molecule has 6 nitrogen and oxygen atoms in total. The van der Waals surface area contributed by atoms with Gasteiger partial charge in [-0.3, -0.25) is 19.5 Å². The maximum absolute atomic E-state index is 13.3. The van der Waals surface area contributed by atoms with Crippen LogP contribution in [0.5, 0.6) is 5.75 Å². The van der Waals surface area contributed by atoms with E-state index in [4.69, 9.17) is 16.3 Å². The van der Waals surface area contributed by atoms with Crippen LogP contribution >= 0.6 is 11.6 Å². The summed E-state index contributed by atoms with van der Waals surface area (Å²) in [7, 11) is 0. The topological polar surface area (TPSA) is 79.7 Å². The number of hydrogen-bond donors (Lipinski definition) is 1. The number of halogens is 1. The number of aliphatic hydroxyl groups excluding tert-OH is 1. The highest BCUT2D eigenvalue weighted by Gasteiger charge is 2.48. The molecule has 1 unspecified atom stereocenters. The molecule has 1 aliphatic heterocycles. The number of nitrogens with zero attached hydrogens (tertiary/aromatic N) is 2. The number of Topliss-reactive ketones (excluding diaryl/α,β-unsaturated/α-hetero) is 1. The lowest BCUT2D eigenvalue weighted by Gasteiger charge is -2.26. The van der Waals surface area contributed by atoms with Crippen molar-refractivity contribution in [1.82, 2.24) is 4.98 Å². The van der Waals surface area contributed by atoms with Gasteiger partial charge < -0.3 is 9.84 Å². The Hall–Kier alpha value is -3.64. The Morgan fingerprint density at radius 2 is 1.91 bits per heavy atom. The number of ketones is 1. The summed E-state index contributed by atoms with van der Waals surface area (Å²) in [5.41, 5.74) is 3.21. The van der Waals surface area contributed by atoms with E-state index in [1.807, 2.05) is 32.9 Å². The van der Waals surface area contributed by atoms with Gasteiger partial charge in [0.1, 0.15) is 17.6 Å². The summed E-state index contributed by atoms with van der Waals surface area (Å²) in [6.07, 6.45) is 1.59. The Morgan fingerprint density at radius 1 is 1.12 bits per heavy atom. The van der Waals surface area contributed by atoms with Crippen LogP contribution in [0.1, 0.15) is 35.3 Å². The standard InChI is InChI=1S/C26H23ClN2O4/c1-4-33-21-14-17(9-10-18(21)27)24(30)22-23(19-7-5-6-12-28-19)29(26(32)25(22)31)20-11-8-15(2)13-16(20)3/h5-14,23,30H,4H2,1-3H3/b24-22+. The van der Waals surface area contributed by atoms with E-state index in [2.05, 4.69) is 4.98 Å². The highest BCUT2D eigenvalue weighted by atomic mass is 35.5. The molecule has 3 aromatic rings. The molecule has 33 heavy (non-hydrogen) atoms. The van der Waals surface area contributed by atoms with Gasteiger partial charge in [-0.25, -0.2) is 0 Å². The van der Waals surface area contributed by atoms with Gasteiger partial charge >= 0.3 is 0 Å². The van der Waals surface area contributed by atoms with E-state index in [1.54, 1.807) is 48.7 Å². The first-order chi connectivity index (χ1) is 15.8. The largest absolute Gasteiger partial charge is 0.507 e. The van der Waals surface area contributed by atoms with Crippen molar-refractivity contribution in [3.63, 3.8) is 0 Å². The second kappa shape index (κ2) is 9.08. The zero-order valence-corrected chi connectivity index (χ0v) is 19.3. The van der Waals surface area contributed by atoms with Crippen LogP contribution in [0.3, 0.4) is 0 Å². The predicted octanol–water partition coefficient (Wildman–Crippen LogP) is 5.38. The van der Waals surface area contributed by atoms with Crippen LogP contribution in [0.25, 0.3) is 5.76 Å². The molecule has 7 heteroatoms. The highest BCUT2D eigenvalue weighted by molar-refractivity contribution is 6.51. The van der Waals surface area contributed by atoms with Crippen molar-refractivity contribution < 1.29 is 19.4 Å². The first-order valence-electron chi connectivity index (χ1n) is 10.6. The molecule has 1 aromatic heterocycles. The van der Waals surface area contributed by atoms with Crippen molar-refractivity contribution >= 4 is 34.7 Å². The number of rotatable bonds is 5. The maximum atomic E-state index is 13.3. The number of hydrogen-bond acceptors (Lipinski definition) is 5. The smallest absolute Gasteiger partial charge is 0.300 e. The molecule has 1 aliphatic rings. The Labute approximate surface area is 197 Å². The summed E-state index contributed by atoms with van der Waals surface area (Å²) < 4.78 is 5.53. The van der Waals surface area contributed by atoms with Gasteiger partial charge in [0.05, 0.1) is 22.9 Å². The van der Waals surface area contributed by atoms with Crippen molar-refractivity contribution in [2.75, 3.05) is 11.5 Å². The number of ether oxygens (including phenoxy) is 1. The fraction of sp³-hybridized carbons (Fsp3) is 0.192. The number of amides is 1. The Kier molecular flexibility index (Phi) is 6.20. The minimum atomic E-state index is -0.890. The van der Waals surface area contributed by atoms with Crippen molar-refractivity contribution in [1.29, 1.82) is 0 Å². The van der Waals surface area contributed by atoms with Gasteiger partial charge in [-0.1, -0.05) is 35.4 Å². The fourth-order valence-corrected chi connectivity index (χ4v) is 4.22. The third-order valence-corrected chi connectivity index (χ3v) is 5.84. The predicted molar refractivity (Wildman–Crippen MR) is 128 cm³/mol. The lowest BCUT2D eigenvalue weighted by atomic mass is 9.97. The molecule has 1 saturated heterocycles. The minimum absolute atomic E-state index is 0.0385. The monoisotopic (exact) mass is 462 g/mol. The molecule has 1 N–H and O–H groups in total. The number of aromatic nitrogens is 1. The molecular weight excluding hydrogens is 440 g/mol. The van der Waals surface area contributed by atoms with Crippen LogP contribution in [-0.4, -0.2) is 28.4 Å². The van der Waals surface area contributed by atoms with Crippen LogP contribution < -0.4 is 9.64 Å².